The van der Waals surface area contributed by atoms with Gasteiger partial charge in [-0.15, -0.1) is 0 Å². The van der Waals surface area contributed by atoms with Crippen molar-refractivity contribution in [2.24, 2.45) is 5.73 Å². The van der Waals surface area contributed by atoms with Gasteiger partial charge < -0.3 is 0 Å². The van der Waals surface area contributed by atoms with Crippen LogP contribution in [0.3, 0.4) is 0 Å². The van der Waals surface area contributed by atoms with E-state index in [4.69, 9.17) is 5.26 Å². The van der Waals surface area contributed by atoms with Crippen LogP contribution in [0.25, 0.3) is 0 Å². The maximum Gasteiger partial charge on any atom is 0.235 e. The van der Waals surface area contributed by atoms with Gasteiger partial charge in [-0.2, -0.15) is 5.26 Å². The zero-order chi connectivity index (χ0) is 4.28. The minimum atomic E-state index is -1.81. The van der Waals surface area contributed by atoms with Crippen molar-refractivity contribution in [1.82, 2.24) is 0 Å². The van der Waals surface area contributed by atoms with Gasteiger partial charge in [-0.1, -0.05) is 0 Å². The van der Waals surface area contributed by atoms with Crippen molar-refractivity contribution in [3.05, 3.63) is 0 Å². The summed E-state index contributed by atoms with van der Waals surface area (Å²) in [6, 6.07) is 1.14. The summed E-state index contributed by atoms with van der Waals surface area (Å²) in [7, 11) is 0. The molecule has 0 radical (unpaired) electrons. The molecule has 0 fully saturated rings. The smallest absolute Gasteiger partial charge is 0.235 e. The molecule has 5 heavy (non-hydrogen) atoms. The Bertz CT molecular complexity index is 53.2. The molecule has 0 aliphatic rings. The third kappa shape index (κ3) is 3.38. The van der Waals surface area contributed by atoms with Crippen LogP contribution < -0.4 is 5.73 Å². The van der Waals surface area contributed by atoms with Gasteiger partial charge in [-0.25, -0.2) is 4.39 Å². The maximum absolute atomic E-state index is 10.8. The number of rotatable bonds is 0. The number of halogens is 1. The van der Waals surface area contributed by atoms with Gasteiger partial charge >= 0.3 is 0 Å². The first-order valence-corrected chi connectivity index (χ1v) is 1.06. The highest BCUT2D eigenvalue weighted by Crippen LogP contribution is 1.66. The fraction of sp³-hybridized carbons (Fsp3) is 0.500. The highest BCUT2D eigenvalue weighted by atomic mass is 19.1. The average Bonchev–Trinajstić information content (AvgIpc) is 1.38. The molecule has 28 valence electrons. The zero-order valence-corrected chi connectivity index (χ0v) is 2.48. The first-order valence-electron chi connectivity index (χ1n) is 1.06. The van der Waals surface area contributed by atoms with Crippen molar-refractivity contribution in [2.75, 3.05) is 0 Å². The SMILES string of the molecule is N#CC(N)F. The summed E-state index contributed by atoms with van der Waals surface area (Å²) < 4.78 is 10.8. The average molecular weight is 74.1 g/mol. The van der Waals surface area contributed by atoms with E-state index in [0.717, 1.165) is 6.07 Å². The monoisotopic (exact) mass is 74.0 g/mol. The molecule has 0 aromatic heterocycles. The van der Waals surface area contributed by atoms with Crippen LogP contribution >= 0.6 is 0 Å². The lowest BCUT2D eigenvalue weighted by molar-refractivity contribution is 0.422. The number of alkyl halides is 1. The summed E-state index contributed by atoms with van der Waals surface area (Å²) in [6.07, 6.45) is -1.81. The topological polar surface area (TPSA) is 49.8 Å². The second-order valence-corrected chi connectivity index (χ2v) is 0.531. The standard InChI is InChI=1S/C2H3FN2/c3-2(5)1-4/h2H,5H2. The van der Waals surface area contributed by atoms with E-state index in [1.165, 1.54) is 0 Å². The van der Waals surface area contributed by atoms with E-state index in [-0.39, 0.29) is 0 Å². The van der Waals surface area contributed by atoms with Crippen molar-refractivity contribution in [2.45, 2.75) is 6.30 Å². The van der Waals surface area contributed by atoms with E-state index in [1.807, 2.05) is 0 Å². The van der Waals surface area contributed by atoms with Crippen LogP contribution in [0, 0.1) is 11.3 Å². The fourth-order valence-corrected chi connectivity index (χ4v) is 0. The first kappa shape index (κ1) is 4.38. The van der Waals surface area contributed by atoms with Gasteiger partial charge in [0.1, 0.15) is 6.07 Å². The Kier molecular flexibility index (Phi) is 1.47. The van der Waals surface area contributed by atoms with Gasteiger partial charge in [0.2, 0.25) is 6.30 Å². The van der Waals surface area contributed by atoms with Crippen LogP contribution in [0.5, 0.6) is 0 Å². The van der Waals surface area contributed by atoms with E-state index in [0.29, 0.717) is 0 Å². The van der Waals surface area contributed by atoms with E-state index in [2.05, 4.69) is 5.73 Å². The van der Waals surface area contributed by atoms with E-state index in [1.54, 1.807) is 0 Å². The van der Waals surface area contributed by atoms with Crippen LogP contribution in [0.1, 0.15) is 0 Å². The molecule has 0 bridgehead atoms. The summed E-state index contributed by atoms with van der Waals surface area (Å²) in [5.74, 6) is 0. The lowest BCUT2D eigenvalue weighted by Gasteiger charge is -1.73. The molecule has 0 amide bonds. The van der Waals surface area contributed by atoms with Gasteiger partial charge in [0.05, 0.1) is 0 Å². The number of hydrogen-bond donors (Lipinski definition) is 1. The van der Waals surface area contributed by atoms with E-state index >= 15 is 0 Å². The molecule has 0 aliphatic carbocycles. The maximum atomic E-state index is 10.8. The fourth-order valence-electron chi connectivity index (χ4n) is 0. The Morgan fingerprint density at radius 3 is 2.20 bits per heavy atom. The van der Waals surface area contributed by atoms with Crippen LogP contribution in [0.15, 0.2) is 0 Å². The highest BCUT2D eigenvalue weighted by Gasteiger charge is 1.84. The molecule has 1 atom stereocenters. The predicted octanol–water partition coefficient (Wildman–Crippen LogP) is -0.236. The Balaban J connectivity index is 2.94. The Labute approximate surface area is 29.0 Å². The quantitative estimate of drug-likeness (QED) is 0.403. The zero-order valence-electron chi connectivity index (χ0n) is 2.48. The van der Waals surface area contributed by atoms with Gasteiger partial charge in [0.25, 0.3) is 0 Å². The molecule has 0 aliphatic heterocycles. The van der Waals surface area contributed by atoms with Gasteiger partial charge in [0.15, 0.2) is 0 Å². The van der Waals surface area contributed by atoms with Gasteiger partial charge in [-0.3, -0.25) is 5.73 Å². The highest BCUT2D eigenvalue weighted by molar-refractivity contribution is 4.75. The van der Waals surface area contributed by atoms with Gasteiger partial charge in [-0.05, 0) is 0 Å². The minimum Gasteiger partial charge on any atom is -0.290 e. The van der Waals surface area contributed by atoms with Crippen molar-refractivity contribution < 1.29 is 4.39 Å². The Hall–Kier alpha value is -0.620. The molecular formula is C2H3FN2. The Morgan fingerprint density at radius 1 is 2.00 bits per heavy atom. The second kappa shape index (κ2) is 1.68. The van der Waals surface area contributed by atoms with Crippen LogP contribution in [-0.4, -0.2) is 6.30 Å². The largest absolute Gasteiger partial charge is 0.290 e. The molecule has 2 nitrogen and oxygen atoms in total. The molecule has 0 rings (SSSR count). The van der Waals surface area contributed by atoms with Crippen molar-refractivity contribution >= 4 is 0 Å². The Morgan fingerprint density at radius 2 is 2.20 bits per heavy atom. The molecule has 0 heterocycles. The molecule has 0 spiro atoms. The summed E-state index contributed by atoms with van der Waals surface area (Å²) in [5.41, 5.74) is 4.26. The molecule has 0 saturated carbocycles. The lowest BCUT2D eigenvalue weighted by atomic mass is 10.7. The summed E-state index contributed by atoms with van der Waals surface area (Å²) in [4.78, 5) is 0. The second-order valence-electron chi connectivity index (χ2n) is 0.531. The molecule has 0 aromatic carbocycles. The summed E-state index contributed by atoms with van der Waals surface area (Å²) in [6.45, 7) is 0. The van der Waals surface area contributed by atoms with E-state index in [9.17, 15) is 4.39 Å². The molecule has 0 aromatic rings. The van der Waals surface area contributed by atoms with Crippen molar-refractivity contribution in [3.8, 4) is 6.07 Å². The van der Waals surface area contributed by atoms with Crippen molar-refractivity contribution in [3.63, 3.8) is 0 Å². The summed E-state index contributed by atoms with van der Waals surface area (Å²) in [5, 5.41) is 7.39. The van der Waals surface area contributed by atoms with Crippen LogP contribution in [-0.2, 0) is 0 Å². The molecule has 3 heteroatoms. The lowest BCUT2D eigenvalue weighted by Crippen LogP contribution is -2.07. The van der Waals surface area contributed by atoms with Gasteiger partial charge in [0, 0.05) is 0 Å². The number of nitriles is 1. The molecule has 2 N–H and O–H groups in total. The molecule has 1 unspecified atom stereocenters. The molecule has 0 saturated heterocycles. The number of hydrogen-bond acceptors (Lipinski definition) is 2. The first-order chi connectivity index (χ1) is 2.27. The molecular weight excluding hydrogens is 71.0 g/mol. The normalized spacial score (nSPS) is 13.0. The van der Waals surface area contributed by atoms with Crippen LogP contribution in [0.4, 0.5) is 4.39 Å². The van der Waals surface area contributed by atoms with E-state index < -0.39 is 6.30 Å². The number of nitrogens with zero attached hydrogens (tertiary/aromatic N) is 1. The third-order valence-electron chi connectivity index (χ3n) is 0.123. The third-order valence-corrected chi connectivity index (χ3v) is 0.123. The minimum absolute atomic E-state index is 1.14. The predicted molar refractivity (Wildman–Crippen MR) is 14.7 cm³/mol. The van der Waals surface area contributed by atoms with Crippen molar-refractivity contribution in [1.29, 1.82) is 5.26 Å². The summed E-state index contributed by atoms with van der Waals surface area (Å²) >= 11 is 0. The number of nitrogens with two attached hydrogens (primary N) is 1. The van der Waals surface area contributed by atoms with Crippen LogP contribution in [0.2, 0.25) is 0 Å².